The van der Waals surface area contributed by atoms with Gasteiger partial charge in [0.05, 0.1) is 24.5 Å². The van der Waals surface area contributed by atoms with Crippen molar-refractivity contribution in [2.24, 2.45) is 4.99 Å². The van der Waals surface area contributed by atoms with Crippen molar-refractivity contribution < 1.29 is 19.0 Å². The van der Waals surface area contributed by atoms with E-state index in [2.05, 4.69) is 58.0 Å². The number of hydrogen-bond acceptors (Lipinski definition) is 5. The summed E-state index contributed by atoms with van der Waals surface area (Å²) >= 11 is 0. The minimum Gasteiger partial charge on any atom is -0.490 e. The highest BCUT2D eigenvalue weighted by atomic mass is 16.5. The summed E-state index contributed by atoms with van der Waals surface area (Å²) in [7, 11) is 0. The molecule has 2 aromatic rings. The van der Waals surface area contributed by atoms with Crippen molar-refractivity contribution in [1.82, 2.24) is 0 Å². The maximum atomic E-state index is 11.7. The van der Waals surface area contributed by atoms with Gasteiger partial charge in [-0.25, -0.2) is 0 Å². The lowest BCUT2D eigenvalue weighted by atomic mass is 9.81. The van der Waals surface area contributed by atoms with E-state index < -0.39 is 0 Å². The van der Waals surface area contributed by atoms with E-state index >= 15 is 0 Å². The Labute approximate surface area is 197 Å². The minimum absolute atomic E-state index is 0.155. The summed E-state index contributed by atoms with van der Waals surface area (Å²) in [5, 5.41) is 0. The fourth-order valence-corrected chi connectivity index (χ4v) is 4.85. The molecule has 5 heteroatoms. The van der Waals surface area contributed by atoms with Crippen LogP contribution in [0.2, 0.25) is 0 Å². The van der Waals surface area contributed by atoms with E-state index in [4.69, 9.17) is 19.2 Å². The lowest BCUT2D eigenvalue weighted by molar-refractivity contribution is -0.143. The molecule has 0 amide bonds. The highest BCUT2D eigenvalue weighted by molar-refractivity contribution is 6.16. The van der Waals surface area contributed by atoms with Gasteiger partial charge in [-0.15, -0.1) is 0 Å². The molecule has 0 spiro atoms. The maximum absolute atomic E-state index is 11.7. The molecular weight excluding hydrogens is 414 g/mol. The lowest BCUT2D eigenvalue weighted by Crippen LogP contribution is -2.30. The molecule has 0 radical (unpaired) electrons. The smallest absolute Gasteiger partial charge is 0.306 e. The molecule has 0 atom stereocenters. The van der Waals surface area contributed by atoms with Gasteiger partial charge in [-0.05, 0) is 71.6 Å². The van der Waals surface area contributed by atoms with Crippen LogP contribution in [0.5, 0.6) is 11.5 Å². The van der Waals surface area contributed by atoms with Gasteiger partial charge in [0, 0.05) is 29.5 Å². The number of esters is 1. The molecular formula is C28H35NO4. The van der Waals surface area contributed by atoms with Crippen LogP contribution in [-0.2, 0) is 28.8 Å². The van der Waals surface area contributed by atoms with Crippen LogP contribution in [0.15, 0.2) is 35.3 Å². The van der Waals surface area contributed by atoms with Gasteiger partial charge >= 0.3 is 5.97 Å². The second kappa shape index (κ2) is 8.85. The van der Waals surface area contributed by atoms with E-state index in [1.807, 2.05) is 13.8 Å². The van der Waals surface area contributed by atoms with Crippen molar-refractivity contribution in [3.05, 3.63) is 58.1 Å². The number of ether oxygens (including phenoxy) is 3. The Hall–Kier alpha value is -2.82. The molecule has 0 aliphatic carbocycles. The molecule has 0 saturated carbocycles. The van der Waals surface area contributed by atoms with Gasteiger partial charge in [0.1, 0.15) is 5.60 Å². The molecule has 0 saturated heterocycles. The number of benzene rings is 2. The van der Waals surface area contributed by atoms with Crippen LogP contribution in [0.25, 0.3) is 0 Å². The van der Waals surface area contributed by atoms with Crippen molar-refractivity contribution in [2.45, 2.75) is 78.4 Å². The van der Waals surface area contributed by atoms with Crippen molar-refractivity contribution in [2.75, 3.05) is 13.2 Å². The average Bonchev–Trinajstić information content (AvgIpc) is 3.07. The average molecular weight is 450 g/mol. The predicted octanol–water partition coefficient (Wildman–Crippen LogP) is 5.47. The van der Waals surface area contributed by atoms with Crippen LogP contribution in [-0.4, -0.2) is 36.0 Å². The SMILES string of the molecule is CCOC(=O)CCc1ccc(C2=NC(C)(C)Cc3cc(OCC)c4c(c32)CC(C)(C)O4)cc1. The normalized spacial score (nSPS) is 17.5. The van der Waals surface area contributed by atoms with E-state index in [1.54, 1.807) is 0 Å². The van der Waals surface area contributed by atoms with E-state index in [9.17, 15) is 4.79 Å². The first-order chi connectivity index (χ1) is 15.6. The van der Waals surface area contributed by atoms with Crippen molar-refractivity contribution in [1.29, 1.82) is 0 Å². The highest BCUT2D eigenvalue weighted by Gasteiger charge is 2.39. The van der Waals surface area contributed by atoms with Gasteiger partial charge in [0.2, 0.25) is 0 Å². The van der Waals surface area contributed by atoms with Gasteiger partial charge in [-0.3, -0.25) is 9.79 Å². The summed E-state index contributed by atoms with van der Waals surface area (Å²) in [6, 6.07) is 10.6. The number of fused-ring (bicyclic) bond motifs is 3. The Morgan fingerprint density at radius 1 is 1.06 bits per heavy atom. The quantitative estimate of drug-likeness (QED) is 0.526. The van der Waals surface area contributed by atoms with Gasteiger partial charge < -0.3 is 14.2 Å². The molecule has 0 N–H and O–H groups in total. The lowest BCUT2D eigenvalue weighted by Gasteiger charge is -2.31. The second-order valence-corrected chi connectivity index (χ2v) is 10.1. The van der Waals surface area contributed by atoms with E-state index in [0.717, 1.165) is 41.2 Å². The standard InChI is InChI=1S/C28H35NO4/c1-7-31-22-15-20-16-27(3,4)29-25(24(20)21-17-28(5,6)33-26(21)22)19-12-9-18(10-13-19)11-14-23(30)32-8-2/h9-10,12-13,15H,7-8,11,14,16-17H2,1-6H3. The van der Waals surface area contributed by atoms with Crippen molar-refractivity contribution in [3.8, 4) is 11.5 Å². The number of hydrogen-bond donors (Lipinski definition) is 0. The molecule has 2 heterocycles. The van der Waals surface area contributed by atoms with Crippen LogP contribution in [0, 0.1) is 0 Å². The van der Waals surface area contributed by atoms with E-state index in [-0.39, 0.29) is 17.1 Å². The Kier molecular flexibility index (Phi) is 6.26. The molecule has 33 heavy (non-hydrogen) atoms. The zero-order valence-electron chi connectivity index (χ0n) is 20.7. The molecule has 2 aromatic carbocycles. The number of rotatable bonds is 7. The van der Waals surface area contributed by atoms with E-state index in [0.29, 0.717) is 26.1 Å². The first-order valence-electron chi connectivity index (χ1n) is 12.0. The Morgan fingerprint density at radius 3 is 2.45 bits per heavy atom. The van der Waals surface area contributed by atoms with Gasteiger partial charge in [0.25, 0.3) is 0 Å². The molecule has 5 nitrogen and oxygen atoms in total. The third-order valence-electron chi connectivity index (χ3n) is 6.13. The fraction of sp³-hybridized carbons (Fsp3) is 0.500. The summed E-state index contributed by atoms with van der Waals surface area (Å²) in [4.78, 5) is 16.9. The summed E-state index contributed by atoms with van der Waals surface area (Å²) in [6.07, 6.45) is 2.74. The third-order valence-corrected chi connectivity index (χ3v) is 6.13. The van der Waals surface area contributed by atoms with E-state index in [1.165, 1.54) is 16.7 Å². The molecule has 0 fully saturated rings. The Bertz CT molecular complexity index is 1080. The zero-order valence-corrected chi connectivity index (χ0v) is 20.7. The summed E-state index contributed by atoms with van der Waals surface area (Å²) in [6.45, 7) is 13.5. The van der Waals surface area contributed by atoms with Gasteiger partial charge in [-0.1, -0.05) is 24.3 Å². The number of aliphatic imine (C=N–C) groups is 1. The third kappa shape index (κ3) is 4.92. The van der Waals surface area contributed by atoms with Crippen LogP contribution in [0.4, 0.5) is 0 Å². The molecule has 0 unspecified atom stereocenters. The first kappa shape index (κ1) is 23.3. The fourth-order valence-electron chi connectivity index (χ4n) is 4.85. The number of nitrogens with zero attached hydrogens (tertiary/aromatic N) is 1. The summed E-state index contributed by atoms with van der Waals surface area (Å²) < 4.78 is 17.4. The van der Waals surface area contributed by atoms with Gasteiger partial charge in [0.15, 0.2) is 11.5 Å². The molecule has 2 aliphatic heterocycles. The number of carbonyl (C=O) groups excluding carboxylic acids is 1. The molecule has 0 aromatic heterocycles. The molecule has 176 valence electrons. The second-order valence-electron chi connectivity index (χ2n) is 10.1. The minimum atomic E-state index is -0.279. The van der Waals surface area contributed by atoms with Crippen LogP contribution >= 0.6 is 0 Å². The van der Waals surface area contributed by atoms with Crippen molar-refractivity contribution >= 4 is 11.7 Å². The number of carbonyl (C=O) groups is 1. The van der Waals surface area contributed by atoms with Gasteiger partial charge in [-0.2, -0.15) is 0 Å². The Balaban J connectivity index is 1.73. The molecule has 2 aliphatic rings. The largest absolute Gasteiger partial charge is 0.490 e. The monoisotopic (exact) mass is 449 g/mol. The molecule has 4 rings (SSSR count). The zero-order chi connectivity index (χ0) is 23.8. The van der Waals surface area contributed by atoms with Crippen LogP contribution in [0.1, 0.15) is 75.8 Å². The number of aryl methyl sites for hydroxylation is 1. The summed E-state index contributed by atoms with van der Waals surface area (Å²) in [5.41, 5.74) is 6.37. The topological polar surface area (TPSA) is 57.1 Å². The van der Waals surface area contributed by atoms with Crippen molar-refractivity contribution in [3.63, 3.8) is 0 Å². The highest BCUT2D eigenvalue weighted by Crippen LogP contribution is 2.48. The van der Waals surface area contributed by atoms with Crippen LogP contribution < -0.4 is 9.47 Å². The molecule has 0 bridgehead atoms. The Morgan fingerprint density at radius 2 is 1.79 bits per heavy atom. The predicted molar refractivity (Wildman–Crippen MR) is 131 cm³/mol. The van der Waals surface area contributed by atoms with Crippen LogP contribution in [0.3, 0.4) is 0 Å². The first-order valence-corrected chi connectivity index (χ1v) is 12.0. The summed E-state index contributed by atoms with van der Waals surface area (Å²) in [5.74, 6) is 1.54. The maximum Gasteiger partial charge on any atom is 0.306 e.